The van der Waals surface area contributed by atoms with Gasteiger partial charge in [0.25, 0.3) is 0 Å². The van der Waals surface area contributed by atoms with Crippen LogP contribution in [0.3, 0.4) is 0 Å². The zero-order chi connectivity index (χ0) is 13.8. The van der Waals surface area contributed by atoms with Gasteiger partial charge in [-0.2, -0.15) is 0 Å². The van der Waals surface area contributed by atoms with E-state index in [9.17, 15) is 9.59 Å². The Balaban J connectivity index is 2.95. The number of aliphatic carboxylic acids is 1. The minimum atomic E-state index is -0.937. The molecule has 0 unspecified atom stereocenters. The number of hydrogen-bond acceptors (Lipinski definition) is 3. The van der Waals surface area contributed by atoms with Crippen LogP contribution in [0, 0.1) is 0 Å². The van der Waals surface area contributed by atoms with Crippen molar-refractivity contribution in [2.75, 3.05) is 5.32 Å². The number of para-hydroxylation sites is 1. The highest BCUT2D eigenvalue weighted by Gasteiger charge is 2.29. The molecule has 0 atom stereocenters. The first-order valence-electron chi connectivity index (χ1n) is 5.68. The number of carboxylic acid groups (broad SMARTS) is 1. The van der Waals surface area contributed by atoms with Crippen LogP contribution < -0.4 is 5.32 Å². The van der Waals surface area contributed by atoms with Gasteiger partial charge in [0.1, 0.15) is 4.75 Å². The molecule has 0 aliphatic rings. The summed E-state index contributed by atoms with van der Waals surface area (Å²) in [5.41, 5.74) is 0.656. The van der Waals surface area contributed by atoms with Crippen molar-refractivity contribution in [1.29, 1.82) is 0 Å². The molecule has 0 fully saturated rings. The molecule has 1 aromatic carbocycles. The van der Waals surface area contributed by atoms with E-state index in [0.29, 0.717) is 12.1 Å². The zero-order valence-corrected chi connectivity index (χ0v) is 11.5. The Morgan fingerprint density at radius 3 is 2.50 bits per heavy atom. The molecule has 1 rings (SSSR count). The Morgan fingerprint density at radius 1 is 1.33 bits per heavy atom. The van der Waals surface area contributed by atoms with Gasteiger partial charge in [-0.05, 0) is 26.0 Å². The molecule has 98 valence electrons. The van der Waals surface area contributed by atoms with Crippen molar-refractivity contribution in [2.24, 2.45) is 0 Å². The van der Waals surface area contributed by atoms with Gasteiger partial charge in [-0.3, -0.25) is 9.59 Å². The van der Waals surface area contributed by atoms with Crippen LogP contribution in [0.5, 0.6) is 0 Å². The summed E-state index contributed by atoms with van der Waals surface area (Å²) in [6, 6.07) is 7.21. The first kappa shape index (κ1) is 14.6. The van der Waals surface area contributed by atoms with Crippen molar-refractivity contribution >= 4 is 29.3 Å². The number of anilines is 1. The zero-order valence-electron chi connectivity index (χ0n) is 10.7. The molecule has 0 aliphatic heterocycles. The molecule has 0 aromatic heterocycles. The van der Waals surface area contributed by atoms with E-state index in [2.05, 4.69) is 5.32 Å². The Kier molecular flexibility index (Phi) is 4.78. The van der Waals surface area contributed by atoms with E-state index >= 15 is 0 Å². The second kappa shape index (κ2) is 5.91. The first-order chi connectivity index (χ1) is 8.36. The predicted octanol–water partition coefficient (Wildman–Crippen LogP) is 2.99. The number of hydrogen-bond donors (Lipinski definition) is 2. The molecule has 1 aromatic rings. The number of benzene rings is 1. The van der Waals surface area contributed by atoms with E-state index < -0.39 is 10.7 Å². The Labute approximate surface area is 111 Å². The van der Waals surface area contributed by atoms with Crippen molar-refractivity contribution in [3.8, 4) is 0 Å². The van der Waals surface area contributed by atoms with Gasteiger partial charge in [0, 0.05) is 11.3 Å². The van der Waals surface area contributed by atoms with Crippen LogP contribution in [-0.2, 0) is 9.59 Å². The van der Waals surface area contributed by atoms with E-state index in [1.54, 1.807) is 32.9 Å². The van der Waals surface area contributed by atoms with Gasteiger partial charge in [-0.1, -0.05) is 19.1 Å². The molecule has 5 heteroatoms. The van der Waals surface area contributed by atoms with Crippen molar-refractivity contribution in [2.45, 2.75) is 36.8 Å². The highest BCUT2D eigenvalue weighted by molar-refractivity contribution is 8.01. The van der Waals surface area contributed by atoms with E-state index in [1.165, 1.54) is 11.8 Å². The lowest BCUT2D eigenvalue weighted by molar-refractivity contribution is -0.138. The maximum Gasteiger partial charge on any atom is 0.319 e. The predicted molar refractivity (Wildman–Crippen MR) is 72.9 cm³/mol. The molecule has 0 saturated carbocycles. The number of carbonyl (C=O) groups is 2. The highest BCUT2D eigenvalue weighted by atomic mass is 32.2. The lowest BCUT2D eigenvalue weighted by atomic mass is 10.2. The summed E-state index contributed by atoms with van der Waals surface area (Å²) < 4.78 is -0.937. The Bertz CT molecular complexity index is 457. The minimum absolute atomic E-state index is 0.0869. The smallest absolute Gasteiger partial charge is 0.319 e. The minimum Gasteiger partial charge on any atom is -0.480 e. The monoisotopic (exact) mass is 267 g/mol. The van der Waals surface area contributed by atoms with Gasteiger partial charge >= 0.3 is 5.97 Å². The number of rotatable bonds is 5. The second-order valence-corrected chi connectivity index (χ2v) is 5.98. The van der Waals surface area contributed by atoms with Crippen LogP contribution in [0.15, 0.2) is 29.2 Å². The lowest BCUT2D eigenvalue weighted by Crippen LogP contribution is -2.27. The summed E-state index contributed by atoms with van der Waals surface area (Å²) in [6.45, 7) is 5.04. The largest absolute Gasteiger partial charge is 0.480 e. The molecule has 0 radical (unpaired) electrons. The number of nitrogens with one attached hydrogen (secondary N) is 1. The average molecular weight is 267 g/mol. The van der Waals surface area contributed by atoms with Gasteiger partial charge in [0.05, 0.1) is 5.69 Å². The van der Waals surface area contributed by atoms with Crippen LogP contribution in [0.4, 0.5) is 5.69 Å². The molecule has 0 aliphatic carbocycles. The summed E-state index contributed by atoms with van der Waals surface area (Å²) >= 11 is 1.22. The third-order valence-electron chi connectivity index (χ3n) is 2.36. The van der Waals surface area contributed by atoms with Crippen LogP contribution in [-0.4, -0.2) is 21.7 Å². The maximum absolute atomic E-state index is 11.4. The SMILES string of the molecule is CCC(=O)Nc1ccccc1SC(C)(C)C(=O)O. The fraction of sp³-hybridized carbons (Fsp3) is 0.385. The number of carboxylic acids is 1. The van der Waals surface area contributed by atoms with Gasteiger partial charge in [-0.25, -0.2) is 0 Å². The summed E-state index contributed by atoms with van der Waals surface area (Å²) in [6.07, 6.45) is 0.390. The molecule has 0 saturated heterocycles. The average Bonchev–Trinajstić information content (AvgIpc) is 2.31. The van der Waals surface area contributed by atoms with Crippen molar-refractivity contribution in [3.63, 3.8) is 0 Å². The maximum atomic E-state index is 11.4. The van der Waals surface area contributed by atoms with E-state index in [4.69, 9.17) is 5.11 Å². The normalized spacial score (nSPS) is 11.1. The molecule has 0 heterocycles. The van der Waals surface area contributed by atoms with Crippen molar-refractivity contribution < 1.29 is 14.7 Å². The van der Waals surface area contributed by atoms with Crippen LogP contribution in [0.25, 0.3) is 0 Å². The van der Waals surface area contributed by atoms with Gasteiger partial charge in [0.15, 0.2) is 0 Å². The van der Waals surface area contributed by atoms with Crippen molar-refractivity contribution in [3.05, 3.63) is 24.3 Å². The van der Waals surface area contributed by atoms with E-state index in [1.807, 2.05) is 12.1 Å². The molecule has 2 N–H and O–H groups in total. The van der Waals surface area contributed by atoms with Crippen molar-refractivity contribution in [1.82, 2.24) is 0 Å². The number of thioether (sulfide) groups is 1. The van der Waals surface area contributed by atoms with Crippen LogP contribution in [0.2, 0.25) is 0 Å². The fourth-order valence-electron chi connectivity index (χ4n) is 1.22. The fourth-order valence-corrected chi connectivity index (χ4v) is 2.23. The summed E-state index contributed by atoms with van der Waals surface area (Å²) in [5, 5.41) is 11.9. The molecule has 1 amide bonds. The Hall–Kier alpha value is -1.49. The molecular formula is C13H17NO3S. The molecule has 0 bridgehead atoms. The molecule has 4 nitrogen and oxygen atoms in total. The highest BCUT2D eigenvalue weighted by Crippen LogP contribution is 2.37. The lowest BCUT2D eigenvalue weighted by Gasteiger charge is -2.20. The number of amides is 1. The van der Waals surface area contributed by atoms with Crippen LogP contribution in [0.1, 0.15) is 27.2 Å². The molecular weight excluding hydrogens is 250 g/mol. The Morgan fingerprint density at radius 2 is 1.94 bits per heavy atom. The molecule has 18 heavy (non-hydrogen) atoms. The summed E-state index contributed by atoms with van der Waals surface area (Å²) in [7, 11) is 0. The first-order valence-corrected chi connectivity index (χ1v) is 6.49. The van der Waals surface area contributed by atoms with Gasteiger partial charge < -0.3 is 10.4 Å². The topological polar surface area (TPSA) is 66.4 Å². The molecule has 0 spiro atoms. The van der Waals surface area contributed by atoms with Crippen LogP contribution >= 0.6 is 11.8 Å². The third-order valence-corrected chi connectivity index (χ3v) is 3.62. The van der Waals surface area contributed by atoms with E-state index in [-0.39, 0.29) is 5.91 Å². The standard InChI is InChI=1S/C13H17NO3S/c1-4-11(15)14-9-7-5-6-8-10(9)18-13(2,3)12(16)17/h5-8H,4H2,1-3H3,(H,14,15)(H,16,17). The van der Waals surface area contributed by atoms with Gasteiger partial charge in [0.2, 0.25) is 5.91 Å². The quantitative estimate of drug-likeness (QED) is 0.805. The number of carbonyl (C=O) groups excluding carboxylic acids is 1. The van der Waals surface area contributed by atoms with E-state index in [0.717, 1.165) is 4.90 Å². The summed E-state index contributed by atoms with van der Waals surface area (Å²) in [4.78, 5) is 23.3. The van der Waals surface area contributed by atoms with Gasteiger partial charge in [-0.15, -0.1) is 11.8 Å². The third kappa shape index (κ3) is 3.77. The second-order valence-electron chi connectivity index (χ2n) is 4.32. The summed E-state index contributed by atoms with van der Waals surface area (Å²) in [5.74, 6) is -0.972.